The van der Waals surface area contributed by atoms with E-state index >= 15 is 0 Å². The zero-order chi connectivity index (χ0) is 56.4. The summed E-state index contributed by atoms with van der Waals surface area (Å²) in [6, 6.07) is 0. The molecule has 6 heteroatoms. The van der Waals surface area contributed by atoms with Gasteiger partial charge in [0.2, 0.25) is 0 Å². The molecule has 0 aromatic rings. The van der Waals surface area contributed by atoms with Crippen LogP contribution < -0.4 is 0 Å². The number of hydrogen-bond donors (Lipinski definition) is 0. The molecule has 448 valence electrons. The van der Waals surface area contributed by atoms with Gasteiger partial charge in [-0.05, 0) is 96.3 Å². The molecule has 0 fully saturated rings. The van der Waals surface area contributed by atoms with Crippen molar-refractivity contribution >= 4 is 17.9 Å². The van der Waals surface area contributed by atoms with Gasteiger partial charge in [0, 0.05) is 19.3 Å². The molecule has 0 aliphatic carbocycles. The topological polar surface area (TPSA) is 78.9 Å². The van der Waals surface area contributed by atoms with Crippen molar-refractivity contribution in [3.63, 3.8) is 0 Å². The van der Waals surface area contributed by atoms with Gasteiger partial charge in [0.25, 0.3) is 0 Å². The van der Waals surface area contributed by atoms with E-state index in [1.807, 2.05) is 0 Å². The third-order valence-electron chi connectivity index (χ3n) is 14.3. The minimum Gasteiger partial charge on any atom is -0.462 e. The summed E-state index contributed by atoms with van der Waals surface area (Å²) in [5.74, 6) is -0.901. The fourth-order valence-corrected chi connectivity index (χ4v) is 9.43. The van der Waals surface area contributed by atoms with Crippen molar-refractivity contribution in [3.05, 3.63) is 97.2 Å². The summed E-state index contributed by atoms with van der Waals surface area (Å²) in [7, 11) is 0. The molecule has 0 saturated heterocycles. The Labute approximate surface area is 483 Å². The van der Waals surface area contributed by atoms with Crippen LogP contribution in [0.2, 0.25) is 0 Å². The predicted molar refractivity (Wildman–Crippen MR) is 339 cm³/mol. The van der Waals surface area contributed by atoms with Crippen molar-refractivity contribution in [3.8, 4) is 0 Å². The molecule has 0 bridgehead atoms. The Morgan fingerprint density at radius 2 is 0.500 bits per heavy atom. The maximum atomic E-state index is 12.9. The lowest BCUT2D eigenvalue weighted by Gasteiger charge is -2.18. The summed E-state index contributed by atoms with van der Waals surface area (Å²) in [5.41, 5.74) is 0. The van der Waals surface area contributed by atoms with Crippen molar-refractivity contribution in [1.29, 1.82) is 0 Å². The Morgan fingerprint density at radius 3 is 0.795 bits per heavy atom. The van der Waals surface area contributed by atoms with Gasteiger partial charge < -0.3 is 14.2 Å². The molecule has 6 nitrogen and oxygen atoms in total. The Morgan fingerprint density at radius 1 is 0.269 bits per heavy atom. The third kappa shape index (κ3) is 63.2. The second-order valence-electron chi connectivity index (χ2n) is 22.0. The fourth-order valence-electron chi connectivity index (χ4n) is 9.43. The average Bonchev–Trinajstić information content (AvgIpc) is 3.44. The highest BCUT2D eigenvalue weighted by Gasteiger charge is 2.19. The van der Waals surface area contributed by atoms with Gasteiger partial charge in [-0.2, -0.15) is 0 Å². The van der Waals surface area contributed by atoms with Gasteiger partial charge in [-0.25, -0.2) is 0 Å². The summed E-state index contributed by atoms with van der Waals surface area (Å²) in [5, 5.41) is 0. The Kier molecular flexibility index (Phi) is 62.7. The van der Waals surface area contributed by atoms with Crippen molar-refractivity contribution in [2.24, 2.45) is 0 Å². The van der Waals surface area contributed by atoms with Crippen LogP contribution in [-0.4, -0.2) is 37.2 Å². The number of rotatable bonds is 60. The van der Waals surface area contributed by atoms with Crippen molar-refractivity contribution < 1.29 is 28.6 Å². The van der Waals surface area contributed by atoms with Gasteiger partial charge >= 0.3 is 17.9 Å². The van der Waals surface area contributed by atoms with Crippen LogP contribution in [0.3, 0.4) is 0 Å². The van der Waals surface area contributed by atoms with Crippen LogP contribution in [0.25, 0.3) is 0 Å². The molecule has 0 aromatic carbocycles. The highest BCUT2D eigenvalue weighted by atomic mass is 16.6. The molecule has 0 aliphatic heterocycles. The number of hydrogen-bond acceptors (Lipinski definition) is 6. The van der Waals surface area contributed by atoms with Crippen LogP contribution in [0, 0.1) is 0 Å². The molecular weight excluding hydrogens is 961 g/mol. The largest absolute Gasteiger partial charge is 0.462 e. The van der Waals surface area contributed by atoms with E-state index in [9.17, 15) is 14.4 Å². The van der Waals surface area contributed by atoms with E-state index in [4.69, 9.17) is 14.2 Å². The first kappa shape index (κ1) is 74.3. The first-order valence-electron chi connectivity index (χ1n) is 33.2. The molecule has 0 spiro atoms. The highest BCUT2D eigenvalue weighted by molar-refractivity contribution is 5.71. The number of allylic oxidation sites excluding steroid dienone is 16. The summed E-state index contributed by atoms with van der Waals surface area (Å²) in [6.45, 7) is 6.42. The molecule has 78 heavy (non-hydrogen) atoms. The second kappa shape index (κ2) is 65.8. The number of ether oxygens (including phenoxy) is 3. The average molecular weight is 1090 g/mol. The lowest BCUT2D eigenvalue weighted by molar-refractivity contribution is -0.167. The Balaban J connectivity index is 4.26. The molecule has 0 saturated carbocycles. The first-order valence-corrected chi connectivity index (χ1v) is 33.2. The molecule has 0 aliphatic rings. The van der Waals surface area contributed by atoms with Crippen LogP contribution in [0.4, 0.5) is 0 Å². The normalized spacial score (nSPS) is 12.7. The van der Waals surface area contributed by atoms with Crippen LogP contribution >= 0.6 is 0 Å². The summed E-state index contributed by atoms with van der Waals surface area (Å²) in [4.78, 5) is 38.3. The van der Waals surface area contributed by atoms with Crippen LogP contribution in [-0.2, 0) is 28.6 Å². The zero-order valence-electron chi connectivity index (χ0n) is 51.4. The van der Waals surface area contributed by atoms with Gasteiger partial charge in [-0.3, -0.25) is 14.4 Å². The predicted octanol–water partition coefficient (Wildman–Crippen LogP) is 22.8. The molecule has 1 atom stereocenters. The van der Waals surface area contributed by atoms with Crippen molar-refractivity contribution in [1.82, 2.24) is 0 Å². The third-order valence-corrected chi connectivity index (χ3v) is 14.3. The number of unbranched alkanes of at least 4 members (excludes halogenated alkanes) is 33. The van der Waals surface area contributed by atoms with E-state index in [2.05, 4.69) is 118 Å². The first-order chi connectivity index (χ1) is 38.5. The van der Waals surface area contributed by atoms with Crippen LogP contribution in [0.5, 0.6) is 0 Å². The molecule has 0 aromatic heterocycles. The van der Waals surface area contributed by atoms with E-state index in [0.717, 1.165) is 116 Å². The van der Waals surface area contributed by atoms with Crippen LogP contribution in [0.15, 0.2) is 97.2 Å². The molecule has 1 unspecified atom stereocenters. The van der Waals surface area contributed by atoms with E-state index < -0.39 is 6.10 Å². The number of esters is 3. The lowest BCUT2D eigenvalue weighted by Crippen LogP contribution is -2.30. The summed E-state index contributed by atoms with van der Waals surface area (Å²) >= 11 is 0. The Bertz CT molecular complexity index is 1530. The van der Waals surface area contributed by atoms with Gasteiger partial charge in [-0.15, -0.1) is 0 Å². The van der Waals surface area contributed by atoms with Gasteiger partial charge in [0.1, 0.15) is 13.2 Å². The minimum atomic E-state index is -0.789. The SMILES string of the molecule is CC/C=C\C/C=C\C/C=C\C/C=C\C/C=C\CCCCCCCCCCCCCCCC(=O)OCC(COC(=O)CCCCC/C=C\C/C=C\C/C=C\CC)OC(=O)CCCCCCCCCCCCCCCCCCCC. The molecular formula is C72H124O6. The zero-order valence-corrected chi connectivity index (χ0v) is 51.4. The summed E-state index contributed by atoms with van der Waals surface area (Å²) < 4.78 is 16.9. The molecule has 0 N–H and O–H groups in total. The molecule has 0 amide bonds. The van der Waals surface area contributed by atoms with E-state index in [0.29, 0.717) is 19.3 Å². The highest BCUT2D eigenvalue weighted by Crippen LogP contribution is 2.17. The lowest BCUT2D eigenvalue weighted by atomic mass is 10.0. The van der Waals surface area contributed by atoms with Gasteiger partial charge in [-0.1, -0.05) is 304 Å². The monoisotopic (exact) mass is 1080 g/mol. The van der Waals surface area contributed by atoms with E-state index in [1.165, 1.54) is 167 Å². The van der Waals surface area contributed by atoms with Gasteiger partial charge in [0.05, 0.1) is 0 Å². The van der Waals surface area contributed by atoms with Gasteiger partial charge in [0.15, 0.2) is 6.10 Å². The number of carbonyl (C=O) groups excluding carboxylic acids is 3. The molecule has 0 radical (unpaired) electrons. The van der Waals surface area contributed by atoms with Crippen molar-refractivity contribution in [2.45, 2.75) is 329 Å². The maximum absolute atomic E-state index is 12.9. The summed E-state index contributed by atoms with van der Waals surface area (Å²) in [6.07, 6.45) is 88.6. The Hall–Kier alpha value is -3.67. The van der Waals surface area contributed by atoms with E-state index in [1.54, 1.807) is 0 Å². The fraction of sp³-hybridized carbons (Fsp3) is 0.736. The molecule has 0 rings (SSSR count). The van der Waals surface area contributed by atoms with Crippen LogP contribution in [0.1, 0.15) is 323 Å². The molecule has 0 heterocycles. The minimum absolute atomic E-state index is 0.0843. The standard InChI is InChI=1S/C72H124O6/c1-4-7-10-13-16-19-22-25-27-29-31-32-33-34-35-36-37-38-39-40-41-43-44-47-50-53-56-59-62-65-71(74)77-68-69(67-76-70(73)64-61-58-55-52-49-46-24-21-18-15-12-9-6-3)78-72(75)66-63-60-57-54-51-48-45-42-30-28-26-23-20-17-14-11-8-5-2/h7,9-10,12,16,18-19,21,25,27,31-32,34-35,46,49,69H,4-6,8,11,13-15,17,20,22-24,26,28-30,33,36-45,47-48,50-68H2,1-3H3/b10-7-,12-9-,19-16-,21-18-,27-25-,32-31-,35-34-,49-46-. The maximum Gasteiger partial charge on any atom is 0.306 e. The van der Waals surface area contributed by atoms with Crippen molar-refractivity contribution in [2.75, 3.05) is 13.2 Å². The quantitative estimate of drug-likeness (QED) is 0.0261. The van der Waals surface area contributed by atoms with E-state index in [-0.39, 0.29) is 31.1 Å². The second-order valence-corrected chi connectivity index (χ2v) is 22.0. The number of carbonyl (C=O) groups is 3. The smallest absolute Gasteiger partial charge is 0.306 e.